The van der Waals surface area contributed by atoms with Crippen molar-refractivity contribution < 1.29 is 14.3 Å². The fraction of sp³-hybridized carbons (Fsp3) is 0.778. The lowest BCUT2D eigenvalue weighted by Gasteiger charge is -2.34. The van der Waals surface area contributed by atoms with Gasteiger partial charge in [-0.05, 0) is 5.92 Å². The van der Waals surface area contributed by atoms with Crippen LogP contribution in [0.15, 0.2) is 12.4 Å². The van der Waals surface area contributed by atoms with Crippen molar-refractivity contribution in [2.24, 2.45) is 5.92 Å². The molecule has 4 heterocycles. The van der Waals surface area contributed by atoms with E-state index in [2.05, 4.69) is 33.2 Å². The molecule has 7 heteroatoms. The Balaban J connectivity index is 1.52. The predicted octanol–water partition coefficient (Wildman–Crippen LogP) is 1.09. The van der Waals surface area contributed by atoms with Gasteiger partial charge in [0.1, 0.15) is 5.82 Å². The number of aromatic nitrogens is 2. The number of hydrogen-bond donors (Lipinski definition) is 0. The number of imidazole rings is 1. The first-order valence-electron chi connectivity index (χ1n) is 9.26. The van der Waals surface area contributed by atoms with Crippen LogP contribution in [0.2, 0.25) is 0 Å². The van der Waals surface area contributed by atoms with Crippen LogP contribution in [0.25, 0.3) is 0 Å². The molecule has 0 unspecified atom stereocenters. The molecule has 0 aromatic carbocycles. The summed E-state index contributed by atoms with van der Waals surface area (Å²) in [5.74, 6) is 1.69. The van der Waals surface area contributed by atoms with Gasteiger partial charge in [-0.3, -0.25) is 9.69 Å². The second-order valence-corrected chi connectivity index (χ2v) is 7.70. The molecule has 3 atom stereocenters. The van der Waals surface area contributed by atoms with E-state index < -0.39 is 5.72 Å². The number of amides is 1. The Bertz CT molecular complexity index is 646. The highest BCUT2D eigenvalue weighted by atomic mass is 16.5. The first-order valence-corrected chi connectivity index (χ1v) is 9.26. The van der Waals surface area contributed by atoms with Gasteiger partial charge in [0, 0.05) is 45.4 Å². The molecule has 0 saturated carbocycles. The third-order valence-corrected chi connectivity index (χ3v) is 6.05. The smallest absolute Gasteiger partial charge is 0.226 e. The summed E-state index contributed by atoms with van der Waals surface area (Å²) in [5.41, 5.74) is -0.407. The van der Waals surface area contributed by atoms with E-state index in [-0.39, 0.29) is 18.0 Å². The normalized spacial score (nSPS) is 32.0. The quantitative estimate of drug-likeness (QED) is 0.770. The average molecular weight is 348 g/mol. The van der Waals surface area contributed by atoms with Gasteiger partial charge in [0.2, 0.25) is 5.91 Å². The van der Waals surface area contributed by atoms with E-state index in [0.29, 0.717) is 25.6 Å². The Morgan fingerprint density at radius 2 is 2.32 bits per heavy atom. The van der Waals surface area contributed by atoms with Crippen molar-refractivity contribution >= 4 is 5.91 Å². The maximum atomic E-state index is 12.7. The van der Waals surface area contributed by atoms with Crippen LogP contribution < -0.4 is 0 Å². The van der Waals surface area contributed by atoms with Crippen molar-refractivity contribution in [3.8, 4) is 0 Å². The van der Waals surface area contributed by atoms with Crippen molar-refractivity contribution in [3.05, 3.63) is 18.2 Å². The number of likely N-dealkylation sites (tertiary alicyclic amines) is 1. The van der Waals surface area contributed by atoms with E-state index in [1.807, 2.05) is 12.4 Å². The van der Waals surface area contributed by atoms with Gasteiger partial charge in [-0.1, -0.05) is 13.8 Å². The first kappa shape index (κ1) is 17.0. The van der Waals surface area contributed by atoms with Crippen molar-refractivity contribution in [1.29, 1.82) is 0 Å². The molecule has 1 aromatic heterocycles. The van der Waals surface area contributed by atoms with Crippen LogP contribution in [-0.4, -0.2) is 69.9 Å². The van der Waals surface area contributed by atoms with E-state index in [1.54, 1.807) is 7.11 Å². The minimum atomic E-state index is -0.407. The van der Waals surface area contributed by atoms with Gasteiger partial charge < -0.3 is 18.9 Å². The molecule has 3 fully saturated rings. The fourth-order valence-electron chi connectivity index (χ4n) is 4.71. The van der Waals surface area contributed by atoms with Gasteiger partial charge >= 0.3 is 0 Å². The highest BCUT2D eigenvalue weighted by Gasteiger charge is 2.64. The van der Waals surface area contributed by atoms with Gasteiger partial charge in [-0.15, -0.1) is 0 Å². The van der Waals surface area contributed by atoms with E-state index in [9.17, 15) is 4.79 Å². The summed E-state index contributed by atoms with van der Waals surface area (Å²) in [6.45, 7) is 8.17. The number of nitrogens with zero attached hydrogens (tertiary/aromatic N) is 4. The number of methoxy groups -OCH3 is 1. The Hall–Kier alpha value is -1.44. The van der Waals surface area contributed by atoms with Crippen LogP contribution in [-0.2, 0) is 27.4 Å². The summed E-state index contributed by atoms with van der Waals surface area (Å²) in [5, 5.41) is 0. The summed E-state index contributed by atoms with van der Waals surface area (Å²) in [6.07, 6.45) is 5.28. The highest BCUT2D eigenvalue weighted by Crippen LogP contribution is 2.49. The van der Waals surface area contributed by atoms with Gasteiger partial charge in [0.25, 0.3) is 0 Å². The van der Waals surface area contributed by atoms with Crippen LogP contribution in [0.1, 0.15) is 32.5 Å². The average Bonchev–Trinajstić information content (AvgIpc) is 3.30. The van der Waals surface area contributed by atoms with Gasteiger partial charge in [-0.25, -0.2) is 4.98 Å². The largest absolute Gasteiger partial charge is 0.383 e. The van der Waals surface area contributed by atoms with Crippen LogP contribution in [0, 0.1) is 5.92 Å². The summed E-state index contributed by atoms with van der Waals surface area (Å²) in [6, 6.07) is 0.345. The molecular weight excluding hydrogens is 320 g/mol. The third-order valence-electron chi connectivity index (χ3n) is 6.05. The van der Waals surface area contributed by atoms with Gasteiger partial charge in [0.15, 0.2) is 5.72 Å². The molecular formula is C18H28N4O3. The zero-order valence-corrected chi connectivity index (χ0v) is 15.4. The molecule has 138 valence electrons. The molecule has 3 saturated heterocycles. The van der Waals surface area contributed by atoms with Gasteiger partial charge in [-0.2, -0.15) is 0 Å². The van der Waals surface area contributed by atoms with Crippen molar-refractivity contribution in [3.63, 3.8) is 0 Å². The molecule has 3 aliphatic heterocycles. The molecule has 1 spiro atoms. The Morgan fingerprint density at radius 3 is 3.08 bits per heavy atom. The summed E-state index contributed by atoms with van der Waals surface area (Å²) >= 11 is 0. The standard InChI is InChI=1S/C18H28N4O3/c1-13(2)14-12-25-18-4-6-21(15(18)10-17(23)22(14)18)11-16-19-5-7-20(16)8-9-24-3/h5,7,13-15H,4,6,8-12H2,1-3H3/t14-,15+,18-/m0/s1. The molecule has 0 N–H and O–H groups in total. The lowest BCUT2D eigenvalue weighted by atomic mass is 10.0. The van der Waals surface area contributed by atoms with Crippen LogP contribution in [0.5, 0.6) is 0 Å². The van der Waals surface area contributed by atoms with Crippen molar-refractivity contribution in [2.45, 2.75) is 57.6 Å². The SMILES string of the molecule is COCCn1ccnc1CN1CC[C@@]23OC[C@@H](C(C)C)N2C(=O)C[C@@H]13. The third kappa shape index (κ3) is 2.60. The van der Waals surface area contributed by atoms with Crippen LogP contribution in [0.4, 0.5) is 0 Å². The van der Waals surface area contributed by atoms with Gasteiger partial charge in [0.05, 0.1) is 31.8 Å². The Morgan fingerprint density at radius 1 is 1.48 bits per heavy atom. The Labute approximate surface area is 148 Å². The molecule has 7 nitrogen and oxygen atoms in total. The minimum Gasteiger partial charge on any atom is -0.383 e. The molecule has 4 rings (SSSR count). The lowest BCUT2D eigenvalue weighted by Crippen LogP contribution is -2.50. The molecule has 1 amide bonds. The number of carbonyl (C=O) groups is 1. The fourth-order valence-corrected chi connectivity index (χ4v) is 4.71. The maximum Gasteiger partial charge on any atom is 0.226 e. The molecule has 0 bridgehead atoms. The molecule has 1 aromatic rings. The van der Waals surface area contributed by atoms with E-state index >= 15 is 0 Å². The first-order chi connectivity index (χ1) is 12.1. The maximum absolute atomic E-state index is 12.7. The monoisotopic (exact) mass is 348 g/mol. The zero-order valence-electron chi connectivity index (χ0n) is 15.4. The molecule has 0 radical (unpaired) electrons. The van der Waals surface area contributed by atoms with E-state index in [1.165, 1.54) is 0 Å². The second kappa shape index (κ2) is 6.37. The topological polar surface area (TPSA) is 59.8 Å². The van der Waals surface area contributed by atoms with Crippen LogP contribution >= 0.6 is 0 Å². The predicted molar refractivity (Wildman–Crippen MR) is 91.7 cm³/mol. The van der Waals surface area contributed by atoms with E-state index in [4.69, 9.17) is 9.47 Å². The minimum absolute atomic E-state index is 0.135. The zero-order chi connectivity index (χ0) is 17.6. The number of carbonyl (C=O) groups excluding carboxylic acids is 1. The summed E-state index contributed by atoms with van der Waals surface area (Å²) < 4.78 is 13.6. The van der Waals surface area contributed by atoms with Crippen molar-refractivity contribution in [2.75, 3.05) is 26.9 Å². The molecule has 3 aliphatic rings. The van der Waals surface area contributed by atoms with E-state index in [0.717, 1.165) is 31.9 Å². The molecule has 25 heavy (non-hydrogen) atoms. The highest BCUT2D eigenvalue weighted by molar-refractivity contribution is 5.82. The van der Waals surface area contributed by atoms with Crippen LogP contribution in [0.3, 0.4) is 0 Å². The number of ether oxygens (including phenoxy) is 2. The summed E-state index contributed by atoms with van der Waals surface area (Å²) in [7, 11) is 1.71. The Kier molecular flexibility index (Phi) is 4.33. The summed E-state index contributed by atoms with van der Waals surface area (Å²) in [4.78, 5) is 21.7. The number of hydrogen-bond acceptors (Lipinski definition) is 5. The number of rotatable bonds is 6. The molecule has 0 aliphatic carbocycles. The van der Waals surface area contributed by atoms with Crippen molar-refractivity contribution in [1.82, 2.24) is 19.4 Å². The second-order valence-electron chi connectivity index (χ2n) is 7.70. The lowest BCUT2D eigenvalue weighted by molar-refractivity contribution is -0.139.